The highest BCUT2D eigenvalue weighted by molar-refractivity contribution is 5.95. The number of anilines is 1. The lowest BCUT2D eigenvalue weighted by Gasteiger charge is -2.39. The smallest absolute Gasteiger partial charge is 0.416 e. The van der Waals surface area contributed by atoms with Gasteiger partial charge in [0.15, 0.2) is 0 Å². The van der Waals surface area contributed by atoms with Gasteiger partial charge >= 0.3 is 12.1 Å². The minimum absolute atomic E-state index is 0.0759. The van der Waals surface area contributed by atoms with Crippen LogP contribution in [0.1, 0.15) is 35.2 Å². The molecule has 0 aliphatic heterocycles. The Hall–Kier alpha value is -1.76. The molecule has 0 bridgehead atoms. The van der Waals surface area contributed by atoms with Crippen LogP contribution in [0.3, 0.4) is 0 Å². The molecule has 0 amide bonds. The molecule has 0 saturated heterocycles. The monoisotopic (exact) mass is 303 g/mol. The SMILES string of the molecule is O=C(O)c1cc(C(F)(F)F)ccc1N(CCO)C1CCC1. The van der Waals surface area contributed by atoms with E-state index in [1.807, 2.05) is 0 Å². The van der Waals surface area contributed by atoms with Crippen LogP contribution >= 0.6 is 0 Å². The number of alkyl halides is 3. The lowest BCUT2D eigenvalue weighted by atomic mass is 9.90. The predicted molar refractivity (Wildman–Crippen MR) is 70.5 cm³/mol. The third-order valence-corrected chi connectivity index (χ3v) is 3.72. The van der Waals surface area contributed by atoms with Crippen molar-refractivity contribution in [1.82, 2.24) is 0 Å². The Balaban J connectivity index is 2.43. The molecular weight excluding hydrogens is 287 g/mol. The number of carboxylic acids is 1. The van der Waals surface area contributed by atoms with E-state index in [0.717, 1.165) is 25.3 Å². The number of hydrogen-bond donors (Lipinski definition) is 2. The van der Waals surface area contributed by atoms with E-state index in [0.29, 0.717) is 6.07 Å². The molecule has 116 valence electrons. The van der Waals surface area contributed by atoms with Crippen molar-refractivity contribution in [3.05, 3.63) is 29.3 Å². The molecule has 0 unspecified atom stereocenters. The average molecular weight is 303 g/mol. The number of aliphatic hydroxyl groups excluding tert-OH is 1. The molecule has 0 radical (unpaired) electrons. The number of nitrogens with zero attached hydrogens (tertiary/aromatic N) is 1. The van der Waals surface area contributed by atoms with Gasteiger partial charge in [-0.1, -0.05) is 0 Å². The Bertz CT molecular complexity index is 527. The van der Waals surface area contributed by atoms with Crippen molar-refractivity contribution in [2.24, 2.45) is 0 Å². The van der Waals surface area contributed by atoms with Crippen molar-refractivity contribution >= 4 is 11.7 Å². The Labute approximate surface area is 119 Å². The summed E-state index contributed by atoms with van der Waals surface area (Å²) in [5, 5.41) is 18.3. The summed E-state index contributed by atoms with van der Waals surface area (Å²) in [6.07, 6.45) is -1.89. The molecule has 1 aliphatic rings. The molecule has 2 N–H and O–H groups in total. The first-order chi connectivity index (χ1) is 9.84. The zero-order chi connectivity index (χ0) is 15.6. The van der Waals surface area contributed by atoms with Crippen LogP contribution in [-0.2, 0) is 6.18 Å². The van der Waals surface area contributed by atoms with Crippen LogP contribution in [0, 0.1) is 0 Å². The van der Waals surface area contributed by atoms with Crippen LogP contribution in [-0.4, -0.2) is 35.4 Å². The molecular formula is C14H16F3NO3. The number of carbonyl (C=O) groups is 1. The van der Waals surface area contributed by atoms with Gasteiger partial charge in [0.2, 0.25) is 0 Å². The Morgan fingerprint density at radius 3 is 2.43 bits per heavy atom. The summed E-state index contributed by atoms with van der Waals surface area (Å²) >= 11 is 0. The van der Waals surface area contributed by atoms with E-state index in [9.17, 15) is 23.1 Å². The summed E-state index contributed by atoms with van der Waals surface area (Å²) in [6.45, 7) is 0.0207. The fourth-order valence-corrected chi connectivity index (χ4v) is 2.44. The zero-order valence-corrected chi connectivity index (χ0v) is 11.2. The van der Waals surface area contributed by atoms with Crippen molar-refractivity contribution in [1.29, 1.82) is 0 Å². The van der Waals surface area contributed by atoms with E-state index in [1.54, 1.807) is 4.90 Å². The molecule has 1 aromatic carbocycles. The number of hydrogen-bond acceptors (Lipinski definition) is 3. The molecule has 0 spiro atoms. The van der Waals surface area contributed by atoms with Gasteiger partial charge in [-0.3, -0.25) is 0 Å². The second-order valence-corrected chi connectivity index (χ2v) is 5.04. The fourth-order valence-electron chi connectivity index (χ4n) is 2.44. The van der Waals surface area contributed by atoms with Crippen molar-refractivity contribution < 1.29 is 28.2 Å². The molecule has 1 saturated carbocycles. The first-order valence-electron chi connectivity index (χ1n) is 6.66. The van der Waals surface area contributed by atoms with Gasteiger partial charge in [0.05, 0.1) is 23.4 Å². The highest BCUT2D eigenvalue weighted by Crippen LogP contribution is 2.36. The number of rotatable bonds is 5. The van der Waals surface area contributed by atoms with Gasteiger partial charge in [-0.25, -0.2) is 4.79 Å². The maximum absolute atomic E-state index is 12.7. The van der Waals surface area contributed by atoms with Crippen LogP contribution in [0.25, 0.3) is 0 Å². The van der Waals surface area contributed by atoms with Gasteiger partial charge in [-0.2, -0.15) is 13.2 Å². The standard InChI is InChI=1S/C14H16F3NO3/c15-14(16,17)9-4-5-12(11(8-9)13(20)21)18(6-7-19)10-2-1-3-10/h4-5,8,10,19H,1-3,6-7H2,(H,20,21). The third kappa shape index (κ3) is 3.29. The molecule has 1 aliphatic carbocycles. The number of carboxylic acid groups (broad SMARTS) is 1. The van der Waals surface area contributed by atoms with Gasteiger partial charge in [-0.15, -0.1) is 0 Å². The quantitative estimate of drug-likeness (QED) is 0.878. The second-order valence-electron chi connectivity index (χ2n) is 5.04. The summed E-state index contributed by atoms with van der Waals surface area (Å²) in [5.74, 6) is -1.40. The molecule has 7 heteroatoms. The number of aromatic carboxylic acids is 1. The van der Waals surface area contributed by atoms with E-state index in [1.165, 1.54) is 6.07 Å². The van der Waals surface area contributed by atoms with Crippen LogP contribution < -0.4 is 4.90 Å². The van der Waals surface area contributed by atoms with Gasteiger partial charge in [-0.05, 0) is 37.5 Å². The van der Waals surface area contributed by atoms with Gasteiger partial charge in [0.1, 0.15) is 0 Å². The summed E-state index contributed by atoms with van der Waals surface area (Å²) in [4.78, 5) is 13.0. The largest absolute Gasteiger partial charge is 0.478 e. The first kappa shape index (κ1) is 15.6. The summed E-state index contributed by atoms with van der Waals surface area (Å²) < 4.78 is 38.1. The minimum atomic E-state index is -4.58. The van der Waals surface area contributed by atoms with Gasteiger partial charge in [0, 0.05) is 12.6 Å². The number of benzene rings is 1. The zero-order valence-electron chi connectivity index (χ0n) is 11.2. The average Bonchev–Trinajstić information content (AvgIpc) is 2.34. The lowest BCUT2D eigenvalue weighted by Crippen LogP contribution is -2.42. The first-order valence-corrected chi connectivity index (χ1v) is 6.66. The molecule has 21 heavy (non-hydrogen) atoms. The van der Waals surface area contributed by atoms with Crippen molar-refractivity contribution in [3.63, 3.8) is 0 Å². The second kappa shape index (κ2) is 5.93. The Morgan fingerprint density at radius 2 is 2.00 bits per heavy atom. The molecule has 0 heterocycles. The highest BCUT2D eigenvalue weighted by atomic mass is 19.4. The number of halogens is 3. The van der Waals surface area contributed by atoms with E-state index >= 15 is 0 Å². The van der Waals surface area contributed by atoms with Crippen molar-refractivity contribution in [2.45, 2.75) is 31.5 Å². The Morgan fingerprint density at radius 1 is 1.33 bits per heavy atom. The normalized spacial score (nSPS) is 15.6. The molecule has 2 rings (SSSR count). The molecule has 1 fully saturated rings. The van der Waals surface area contributed by atoms with Crippen LogP contribution in [0.2, 0.25) is 0 Å². The van der Waals surface area contributed by atoms with E-state index in [4.69, 9.17) is 5.11 Å². The third-order valence-electron chi connectivity index (χ3n) is 3.72. The van der Waals surface area contributed by atoms with Crippen LogP contribution in [0.15, 0.2) is 18.2 Å². The molecule has 0 aromatic heterocycles. The maximum Gasteiger partial charge on any atom is 0.416 e. The summed E-state index contributed by atoms with van der Waals surface area (Å²) in [5.41, 5.74) is -1.14. The summed E-state index contributed by atoms with van der Waals surface area (Å²) in [7, 11) is 0. The van der Waals surface area contributed by atoms with E-state index < -0.39 is 17.7 Å². The number of aliphatic hydroxyl groups is 1. The Kier molecular flexibility index (Phi) is 4.41. The van der Waals surface area contributed by atoms with Gasteiger partial charge < -0.3 is 15.1 Å². The lowest BCUT2D eigenvalue weighted by molar-refractivity contribution is -0.137. The van der Waals surface area contributed by atoms with E-state index in [2.05, 4.69) is 0 Å². The molecule has 0 atom stereocenters. The molecule has 4 nitrogen and oxygen atoms in total. The maximum atomic E-state index is 12.7. The van der Waals surface area contributed by atoms with E-state index in [-0.39, 0.29) is 30.4 Å². The van der Waals surface area contributed by atoms with Crippen molar-refractivity contribution in [3.8, 4) is 0 Å². The summed E-state index contributed by atoms with van der Waals surface area (Å²) in [6, 6.07) is 2.79. The van der Waals surface area contributed by atoms with Crippen molar-refractivity contribution in [2.75, 3.05) is 18.1 Å². The minimum Gasteiger partial charge on any atom is -0.478 e. The molecule has 1 aromatic rings. The van der Waals surface area contributed by atoms with Crippen LogP contribution in [0.5, 0.6) is 0 Å². The van der Waals surface area contributed by atoms with Gasteiger partial charge in [0.25, 0.3) is 0 Å². The topological polar surface area (TPSA) is 60.8 Å². The highest BCUT2D eigenvalue weighted by Gasteiger charge is 2.33. The van der Waals surface area contributed by atoms with Crippen LogP contribution in [0.4, 0.5) is 18.9 Å². The predicted octanol–water partition coefficient (Wildman–Crippen LogP) is 2.75. The fraction of sp³-hybridized carbons (Fsp3) is 0.500.